The summed E-state index contributed by atoms with van der Waals surface area (Å²) >= 11 is 0. The van der Waals surface area contributed by atoms with E-state index in [0.717, 1.165) is 10.5 Å². The van der Waals surface area contributed by atoms with Gasteiger partial charge in [-0.15, -0.1) is 0 Å². The van der Waals surface area contributed by atoms with E-state index in [0.29, 0.717) is 22.7 Å². The number of carbonyl (C=O) groups excluding carboxylic acids is 3. The Morgan fingerprint density at radius 2 is 1.69 bits per heavy atom. The number of ether oxygens (including phenoxy) is 2. The van der Waals surface area contributed by atoms with Crippen molar-refractivity contribution >= 4 is 35.6 Å². The summed E-state index contributed by atoms with van der Waals surface area (Å²) in [5.74, 6) is -1.77. The van der Waals surface area contributed by atoms with Crippen LogP contribution in [0.1, 0.15) is 21.5 Å². The molecule has 1 saturated heterocycles. The molecule has 9 nitrogen and oxygen atoms in total. The van der Waals surface area contributed by atoms with Gasteiger partial charge in [-0.3, -0.25) is 14.9 Å². The molecule has 0 spiro atoms. The number of barbiturate groups is 1. The van der Waals surface area contributed by atoms with Crippen molar-refractivity contribution < 1.29 is 33.8 Å². The van der Waals surface area contributed by atoms with Crippen LogP contribution in [0.3, 0.4) is 0 Å². The second kappa shape index (κ2) is 9.92. The van der Waals surface area contributed by atoms with Crippen molar-refractivity contribution in [3.05, 3.63) is 95.1 Å². The first kappa shape index (κ1) is 23.2. The number of nitrogens with zero attached hydrogens (tertiary/aromatic N) is 1. The number of amides is 4. The highest BCUT2D eigenvalue weighted by atomic mass is 16.5. The summed E-state index contributed by atoms with van der Waals surface area (Å²) in [4.78, 5) is 49.5. The lowest BCUT2D eigenvalue weighted by molar-refractivity contribution is -0.122. The molecule has 1 fully saturated rings. The molecule has 1 aliphatic heterocycles. The maximum Gasteiger partial charge on any atom is 0.335 e. The third-order valence-corrected chi connectivity index (χ3v) is 5.21. The number of aromatic carboxylic acids is 1. The van der Waals surface area contributed by atoms with Crippen molar-refractivity contribution in [2.45, 2.75) is 6.61 Å². The molecule has 0 bridgehead atoms. The zero-order valence-corrected chi connectivity index (χ0v) is 18.6. The van der Waals surface area contributed by atoms with E-state index in [1.54, 1.807) is 60.7 Å². The third kappa shape index (κ3) is 5.03. The van der Waals surface area contributed by atoms with E-state index in [1.807, 2.05) is 0 Å². The van der Waals surface area contributed by atoms with Gasteiger partial charge in [-0.25, -0.2) is 14.5 Å². The van der Waals surface area contributed by atoms with Crippen molar-refractivity contribution in [1.82, 2.24) is 5.32 Å². The van der Waals surface area contributed by atoms with Crippen LogP contribution in [0.4, 0.5) is 10.5 Å². The van der Waals surface area contributed by atoms with Gasteiger partial charge < -0.3 is 14.6 Å². The minimum absolute atomic E-state index is 0.172. The standard InChI is InChI=1S/C26H20N2O7/c1-34-22-14-17(9-12-21(22)35-15-16-7-10-18(11-8-16)25(31)32)13-20-23(29)27-26(33)28(24(20)30)19-5-3-2-4-6-19/h2-14H,15H2,1H3,(H,31,32)(H,27,29,33)/b20-13-. The van der Waals surface area contributed by atoms with Crippen molar-refractivity contribution in [3.63, 3.8) is 0 Å². The summed E-state index contributed by atoms with van der Waals surface area (Å²) in [6.45, 7) is 0.172. The minimum atomic E-state index is -1.01. The topological polar surface area (TPSA) is 122 Å². The quantitative estimate of drug-likeness (QED) is 0.398. The first-order valence-electron chi connectivity index (χ1n) is 10.5. The lowest BCUT2D eigenvalue weighted by Gasteiger charge is -2.26. The smallest absolute Gasteiger partial charge is 0.335 e. The molecule has 176 valence electrons. The number of carbonyl (C=O) groups is 4. The van der Waals surface area contributed by atoms with Gasteiger partial charge in [-0.2, -0.15) is 0 Å². The Labute approximate surface area is 200 Å². The molecule has 2 N–H and O–H groups in total. The van der Waals surface area contributed by atoms with Crippen LogP contribution in [0, 0.1) is 0 Å². The number of anilines is 1. The monoisotopic (exact) mass is 472 g/mol. The Morgan fingerprint density at radius 1 is 0.971 bits per heavy atom. The Hall–Kier alpha value is -4.92. The molecule has 1 aliphatic rings. The van der Waals surface area contributed by atoms with Crippen molar-refractivity contribution in [2.24, 2.45) is 0 Å². The van der Waals surface area contributed by atoms with Gasteiger partial charge in [0.05, 0.1) is 18.4 Å². The Bertz CT molecular complexity index is 1330. The van der Waals surface area contributed by atoms with E-state index in [2.05, 4.69) is 5.32 Å². The van der Waals surface area contributed by atoms with Crippen LogP contribution in [0.2, 0.25) is 0 Å². The van der Waals surface area contributed by atoms with Gasteiger partial charge in [0.2, 0.25) is 0 Å². The summed E-state index contributed by atoms with van der Waals surface area (Å²) in [6.07, 6.45) is 1.37. The van der Waals surface area contributed by atoms with E-state index in [-0.39, 0.29) is 17.7 Å². The molecule has 1 heterocycles. The van der Waals surface area contributed by atoms with Crippen molar-refractivity contribution in [2.75, 3.05) is 12.0 Å². The molecule has 4 amide bonds. The number of carboxylic acids is 1. The van der Waals surface area contributed by atoms with Gasteiger partial charge in [-0.05, 0) is 53.6 Å². The largest absolute Gasteiger partial charge is 0.493 e. The number of urea groups is 1. The molecule has 0 saturated carbocycles. The average Bonchev–Trinajstić information content (AvgIpc) is 2.86. The molecule has 3 aromatic rings. The fraction of sp³-hybridized carbons (Fsp3) is 0.0769. The summed E-state index contributed by atoms with van der Waals surface area (Å²) in [6, 6.07) is 18.6. The van der Waals surface area contributed by atoms with Crippen LogP contribution in [0.15, 0.2) is 78.4 Å². The molecule has 9 heteroatoms. The summed E-state index contributed by atoms with van der Waals surface area (Å²) in [5.41, 5.74) is 1.56. The Balaban J connectivity index is 1.55. The minimum Gasteiger partial charge on any atom is -0.493 e. The number of imide groups is 2. The van der Waals surface area contributed by atoms with Crippen LogP contribution in [0.5, 0.6) is 11.5 Å². The number of methoxy groups -OCH3 is 1. The zero-order valence-electron chi connectivity index (χ0n) is 18.6. The number of para-hydroxylation sites is 1. The fourth-order valence-electron chi connectivity index (χ4n) is 3.43. The van der Waals surface area contributed by atoms with Gasteiger partial charge in [0.25, 0.3) is 11.8 Å². The first-order valence-corrected chi connectivity index (χ1v) is 10.5. The van der Waals surface area contributed by atoms with E-state index in [4.69, 9.17) is 14.6 Å². The highest BCUT2D eigenvalue weighted by Gasteiger charge is 2.36. The third-order valence-electron chi connectivity index (χ3n) is 5.21. The molecular weight excluding hydrogens is 452 g/mol. The number of carboxylic acid groups (broad SMARTS) is 1. The number of hydrogen-bond donors (Lipinski definition) is 2. The molecule has 0 aliphatic carbocycles. The summed E-state index contributed by atoms with van der Waals surface area (Å²) in [5, 5.41) is 11.2. The first-order chi connectivity index (χ1) is 16.9. The maximum atomic E-state index is 13.0. The Kier molecular flexibility index (Phi) is 6.59. The van der Waals surface area contributed by atoms with Crippen LogP contribution in [-0.2, 0) is 16.2 Å². The normalized spacial score (nSPS) is 14.6. The molecule has 4 rings (SSSR count). The van der Waals surface area contributed by atoms with E-state index >= 15 is 0 Å². The zero-order chi connectivity index (χ0) is 24.9. The number of rotatable bonds is 7. The van der Waals surface area contributed by atoms with Gasteiger partial charge in [0.15, 0.2) is 11.5 Å². The van der Waals surface area contributed by atoms with Gasteiger partial charge in [0.1, 0.15) is 12.2 Å². The van der Waals surface area contributed by atoms with Gasteiger partial charge in [-0.1, -0.05) is 36.4 Å². The summed E-state index contributed by atoms with van der Waals surface area (Å²) < 4.78 is 11.2. The molecular formula is C26H20N2O7. The summed E-state index contributed by atoms with van der Waals surface area (Å²) in [7, 11) is 1.45. The van der Waals surface area contributed by atoms with Crippen LogP contribution < -0.4 is 19.7 Å². The lowest BCUT2D eigenvalue weighted by Crippen LogP contribution is -2.54. The Morgan fingerprint density at radius 3 is 2.34 bits per heavy atom. The molecule has 0 radical (unpaired) electrons. The van der Waals surface area contributed by atoms with E-state index < -0.39 is 23.8 Å². The maximum absolute atomic E-state index is 13.0. The second-order valence-electron chi connectivity index (χ2n) is 7.49. The average molecular weight is 472 g/mol. The SMILES string of the molecule is COc1cc(/C=C2/C(=O)NC(=O)N(c3ccccc3)C2=O)ccc1OCc1ccc(C(=O)O)cc1. The van der Waals surface area contributed by atoms with Crippen LogP contribution in [-0.4, -0.2) is 36.0 Å². The van der Waals surface area contributed by atoms with Crippen molar-refractivity contribution in [1.29, 1.82) is 0 Å². The predicted octanol–water partition coefficient (Wildman–Crippen LogP) is 3.64. The fourth-order valence-corrected chi connectivity index (χ4v) is 3.43. The molecule has 0 aromatic heterocycles. The molecule has 0 atom stereocenters. The van der Waals surface area contributed by atoms with Crippen LogP contribution >= 0.6 is 0 Å². The van der Waals surface area contributed by atoms with Crippen LogP contribution in [0.25, 0.3) is 6.08 Å². The number of benzene rings is 3. The molecule has 0 unspecified atom stereocenters. The van der Waals surface area contributed by atoms with E-state index in [9.17, 15) is 19.2 Å². The predicted molar refractivity (Wildman–Crippen MR) is 126 cm³/mol. The molecule has 3 aromatic carbocycles. The number of hydrogen-bond acceptors (Lipinski definition) is 6. The van der Waals surface area contributed by atoms with Crippen molar-refractivity contribution in [3.8, 4) is 11.5 Å². The highest BCUT2D eigenvalue weighted by Crippen LogP contribution is 2.30. The highest BCUT2D eigenvalue weighted by molar-refractivity contribution is 6.39. The second-order valence-corrected chi connectivity index (χ2v) is 7.49. The lowest BCUT2D eigenvalue weighted by atomic mass is 10.1. The number of nitrogens with one attached hydrogen (secondary N) is 1. The van der Waals surface area contributed by atoms with Gasteiger partial charge in [0, 0.05) is 0 Å². The van der Waals surface area contributed by atoms with Gasteiger partial charge >= 0.3 is 12.0 Å². The van der Waals surface area contributed by atoms with E-state index in [1.165, 1.54) is 25.3 Å². The molecule has 35 heavy (non-hydrogen) atoms.